The minimum absolute atomic E-state index is 0.101. The van der Waals surface area contributed by atoms with Crippen LogP contribution >= 0.6 is 15.6 Å². The summed E-state index contributed by atoms with van der Waals surface area (Å²) < 4.78 is 61.0. The fourth-order valence-corrected chi connectivity index (χ4v) is 11.6. The van der Waals surface area contributed by atoms with Crippen molar-refractivity contribution in [3.63, 3.8) is 0 Å². The van der Waals surface area contributed by atoms with Crippen LogP contribution in [0.15, 0.2) is 122 Å². The largest absolute Gasteiger partial charge is 0.472 e. The van der Waals surface area contributed by atoms with Gasteiger partial charge in [0.2, 0.25) is 0 Å². The number of aliphatic hydroxyl groups is 2. The van der Waals surface area contributed by atoms with Crippen molar-refractivity contribution in [2.45, 2.75) is 322 Å². The highest BCUT2D eigenvalue weighted by Crippen LogP contribution is 2.45. The predicted molar refractivity (Wildman–Crippen MR) is 399 cm³/mol. The van der Waals surface area contributed by atoms with E-state index in [1.54, 1.807) is 0 Å². The first-order valence-electron chi connectivity index (χ1n) is 37.8. The molecule has 0 amide bonds. The highest BCUT2D eigenvalue weighted by molar-refractivity contribution is 7.47. The third kappa shape index (κ3) is 73.0. The number of phosphoric ester groups is 2. The monoisotopic (exact) mass is 1400 g/mol. The van der Waals surface area contributed by atoms with Crippen LogP contribution in [0.4, 0.5) is 0 Å². The molecule has 0 aliphatic rings. The molecule has 0 rings (SSSR count). The summed E-state index contributed by atoms with van der Waals surface area (Å²) in [5.74, 6) is -1.59. The van der Waals surface area contributed by atoms with Gasteiger partial charge in [0.1, 0.15) is 25.4 Å². The molecule has 0 aliphatic carbocycles. The van der Waals surface area contributed by atoms with Crippen LogP contribution in [0.1, 0.15) is 303 Å². The van der Waals surface area contributed by atoms with Gasteiger partial charge in [-0.3, -0.25) is 32.5 Å². The number of hydrogen-bond acceptors (Lipinski definition) is 14. The first-order chi connectivity index (χ1) is 47.2. The number of unbranched alkanes of at least 4 members (excludes halogenated alkanes) is 28. The van der Waals surface area contributed by atoms with Crippen molar-refractivity contribution in [3.8, 4) is 0 Å². The molecule has 97 heavy (non-hydrogen) atoms. The molecule has 0 aromatic heterocycles. The van der Waals surface area contributed by atoms with Crippen LogP contribution in [0, 0.1) is 0 Å². The van der Waals surface area contributed by atoms with Gasteiger partial charge in [-0.15, -0.1) is 0 Å². The van der Waals surface area contributed by atoms with E-state index in [4.69, 9.17) is 32.3 Å². The standard InChI is InChI=1S/C79H136O16P2/c1-4-7-10-13-16-19-22-24-26-28-30-32-33-34-35-36-37-38-39-41-43-44-46-48-51-53-56-59-62-65-77(82)89-68-74(80)69-91-96(85,86)92-70-75(81)71-93-97(87,88)94-73-76(95-79(84)67-64-61-58-55-50-21-18-15-12-9-6-3)72-90-78(83)66-63-60-57-54-52-49-47-45-42-40-31-29-27-25-23-20-17-14-11-8-5-2/h7-8,10-11,16-17,19-20,24-27,30-32,34-35,40,45,47,74-76,80-81H,4-6,9,12-15,18,21-23,28-29,33,36-39,41-44,46,48-73H2,1-3H3,(H,85,86)(H,87,88)/b10-7-,11-8-,19-16-,20-17-,26-24-,27-25-,32-30-,35-34-,40-31-,47-45-. The number of aliphatic hydroxyl groups excluding tert-OH is 2. The number of phosphoric acid groups is 2. The van der Waals surface area contributed by atoms with Crippen LogP contribution in [0.2, 0.25) is 0 Å². The van der Waals surface area contributed by atoms with E-state index in [0.717, 1.165) is 148 Å². The Bertz CT molecular complexity index is 2250. The number of carbonyl (C=O) groups is 3. The molecule has 0 spiro atoms. The summed E-state index contributed by atoms with van der Waals surface area (Å²) in [5.41, 5.74) is 0. The van der Waals surface area contributed by atoms with Gasteiger partial charge in [0.25, 0.3) is 0 Å². The van der Waals surface area contributed by atoms with E-state index in [9.17, 15) is 43.5 Å². The first kappa shape index (κ1) is 93.0. The summed E-state index contributed by atoms with van der Waals surface area (Å²) in [5, 5.41) is 20.6. The van der Waals surface area contributed by atoms with Crippen molar-refractivity contribution in [1.29, 1.82) is 0 Å². The average Bonchev–Trinajstić information content (AvgIpc) is 3.74. The number of rotatable bonds is 71. The fraction of sp³-hybridized carbons (Fsp3) is 0.709. The second-order valence-electron chi connectivity index (χ2n) is 25.0. The zero-order chi connectivity index (χ0) is 70.9. The third-order valence-electron chi connectivity index (χ3n) is 15.7. The first-order valence-corrected chi connectivity index (χ1v) is 40.8. The molecular formula is C79H136O16P2. The quantitative estimate of drug-likeness (QED) is 0.0146. The zero-order valence-electron chi connectivity index (χ0n) is 60.7. The molecule has 0 fully saturated rings. The van der Waals surface area contributed by atoms with E-state index >= 15 is 0 Å². The molecule has 0 bridgehead atoms. The fourth-order valence-electron chi connectivity index (χ4n) is 9.98. The molecule has 0 aromatic rings. The summed E-state index contributed by atoms with van der Waals surface area (Å²) in [4.78, 5) is 58.5. The topological polar surface area (TPSA) is 231 Å². The molecule has 0 radical (unpaired) electrons. The Morgan fingerprint density at radius 3 is 0.866 bits per heavy atom. The van der Waals surface area contributed by atoms with Gasteiger partial charge in [0.05, 0.1) is 26.4 Å². The van der Waals surface area contributed by atoms with Gasteiger partial charge in [-0.2, -0.15) is 0 Å². The van der Waals surface area contributed by atoms with Gasteiger partial charge < -0.3 is 34.2 Å². The molecule has 0 saturated carbocycles. The van der Waals surface area contributed by atoms with Crippen molar-refractivity contribution in [2.24, 2.45) is 0 Å². The van der Waals surface area contributed by atoms with Crippen molar-refractivity contribution in [3.05, 3.63) is 122 Å². The summed E-state index contributed by atoms with van der Waals surface area (Å²) in [6.45, 7) is 2.43. The van der Waals surface area contributed by atoms with Gasteiger partial charge in [0.15, 0.2) is 6.10 Å². The van der Waals surface area contributed by atoms with Crippen molar-refractivity contribution in [2.75, 3.05) is 39.6 Å². The van der Waals surface area contributed by atoms with Gasteiger partial charge in [-0.25, -0.2) is 9.13 Å². The van der Waals surface area contributed by atoms with Crippen LogP contribution < -0.4 is 0 Å². The highest BCUT2D eigenvalue weighted by Gasteiger charge is 2.29. The second kappa shape index (κ2) is 71.8. The SMILES string of the molecule is CC/C=C\C/C=C\C/C=C\C/C=C\C/C=C\CCCCCCCCCCCCCCCC(=O)OCC(O)COP(=O)(O)OCC(O)COP(=O)(O)OCC(COC(=O)CCCCCCC/C=C\C/C=C\C/C=C\C/C=C\C/C=C\CC)OC(=O)CCCCCCCCCCCCC. The van der Waals surface area contributed by atoms with Crippen LogP contribution in [0.3, 0.4) is 0 Å². The van der Waals surface area contributed by atoms with Crippen LogP contribution in [-0.4, -0.2) is 95.9 Å². The highest BCUT2D eigenvalue weighted by atomic mass is 31.2. The minimum Gasteiger partial charge on any atom is -0.463 e. The lowest BCUT2D eigenvalue weighted by atomic mass is 10.0. The maximum absolute atomic E-state index is 12.9. The van der Waals surface area contributed by atoms with E-state index < -0.39 is 91.5 Å². The van der Waals surface area contributed by atoms with Crippen LogP contribution in [-0.2, 0) is 55.8 Å². The zero-order valence-corrected chi connectivity index (χ0v) is 62.5. The normalized spacial score (nSPS) is 14.8. The van der Waals surface area contributed by atoms with Gasteiger partial charge in [0, 0.05) is 19.3 Å². The van der Waals surface area contributed by atoms with Crippen molar-refractivity contribution in [1.82, 2.24) is 0 Å². The molecule has 0 aliphatic heterocycles. The van der Waals surface area contributed by atoms with E-state index in [1.807, 2.05) is 0 Å². The number of hydrogen-bond donors (Lipinski definition) is 4. The number of esters is 3. The lowest BCUT2D eigenvalue weighted by molar-refractivity contribution is -0.161. The summed E-state index contributed by atoms with van der Waals surface area (Å²) in [6.07, 6.45) is 84.0. The third-order valence-corrected chi connectivity index (χ3v) is 17.6. The number of carbonyl (C=O) groups excluding carboxylic acids is 3. The predicted octanol–water partition coefficient (Wildman–Crippen LogP) is 21.8. The molecule has 4 N–H and O–H groups in total. The van der Waals surface area contributed by atoms with Crippen LogP contribution in [0.25, 0.3) is 0 Å². The molecule has 0 heterocycles. The van der Waals surface area contributed by atoms with E-state index in [0.29, 0.717) is 19.3 Å². The molecule has 558 valence electrons. The molecule has 16 nitrogen and oxygen atoms in total. The van der Waals surface area contributed by atoms with Gasteiger partial charge >= 0.3 is 33.6 Å². The average molecular weight is 1400 g/mol. The van der Waals surface area contributed by atoms with E-state index in [2.05, 4.69) is 142 Å². The lowest BCUT2D eigenvalue weighted by Gasteiger charge is -2.21. The summed E-state index contributed by atoms with van der Waals surface area (Å²) in [6, 6.07) is 0. The Balaban J connectivity index is 4.46. The van der Waals surface area contributed by atoms with E-state index in [1.165, 1.54) is 96.3 Å². The summed E-state index contributed by atoms with van der Waals surface area (Å²) >= 11 is 0. The summed E-state index contributed by atoms with van der Waals surface area (Å²) in [7, 11) is -9.78. The van der Waals surface area contributed by atoms with Gasteiger partial charge in [-0.1, -0.05) is 296 Å². The molecular weight excluding hydrogens is 1270 g/mol. The Labute approximate surface area is 589 Å². The van der Waals surface area contributed by atoms with Crippen LogP contribution in [0.5, 0.6) is 0 Å². The minimum atomic E-state index is -4.93. The maximum atomic E-state index is 12.9. The van der Waals surface area contributed by atoms with Crippen molar-refractivity contribution >= 4 is 33.6 Å². The van der Waals surface area contributed by atoms with E-state index in [-0.39, 0.29) is 19.3 Å². The number of allylic oxidation sites excluding steroid dienone is 20. The molecule has 5 atom stereocenters. The number of ether oxygens (including phenoxy) is 3. The molecule has 18 heteroatoms. The Hall–Kier alpha value is -4.05. The molecule has 0 saturated heterocycles. The van der Waals surface area contributed by atoms with Crippen molar-refractivity contribution < 1.29 is 75.8 Å². The Morgan fingerprint density at radius 1 is 0.299 bits per heavy atom. The Morgan fingerprint density at radius 2 is 0.546 bits per heavy atom. The maximum Gasteiger partial charge on any atom is 0.472 e. The second-order valence-corrected chi connectivity index (χ2v) is 28.0. The molecule has 5 unspecified atom stereocenters. The Kier molecular flexibility index (Phi) is 68.8. The molecule has 0 aromatic carbocycles. The lowest BCUT2D eigenvalue weighted by Crippen LogP contribution is -2.30. The van der Waals surface area contributed by atoms with Gasteiger partial charge in [-0.05, 0) is 109 Å². The smallest absolute Gasteiger partial charge is 0.463 e.